The van der Waals surface area contributed by atoms with E-state index in [0.717, 1.165) is 38.1 Å². The van der Waals surface area contributed by atoms with Crippen LogP contribution >= 0.6 is 12.4 Å². The van der Waals surface area contributed by atoms with Gasteiger partial charge in [0.15, 0.2) is 17.5 Å². The summed E-state index contributed by atoms with van der Waals surface area (Å²) in [6, 6.07) is 8.60. The van der Waals surface area contributed by atoms with E-state index in [-0.39, 0.29) is 29.9 Å². The molecule has 1 aliphatic rings. The summed E-state index contributed by atoms with van der Waals surface area (Å²) in [7, 11) is 0. The second kappa shape index (κ2) is 9.24. The number of halogens is 4. The van der Waals surface area contributed by atoms with Gasteiger partial charge in [0.2, 0.25) is 0 Å². The highest BCUT2D eigenvalue weighted by Gasteiger charge is 2.26. The lowest BCUT2D eigenvalue weighted by molar-refractivity contribution is 0.0692. The van der Waals surface area contributed by atoms with Gasteiger partial charge in [-0.25, -0.2) is 13.2 Å². The maximum Gasteiger partial charge on any atom is 0.254 e. The summed E-state index contributed by atoms with van der Waals surface area (Å²) in [5.74, 6) is -4.00. The number of rotatable bonds is 5. The van der Waals surface area contributed by atoms with Crippen LogP contribution in [-0.4, -0.2) is 36.5 Å². The van der Waals surface area contributed by atoms with Crippen molar-refractivity contribution < 1.29 is 18.0 Å². The number of carbonyl (C=O) groups excluding carboxylic acids is 1. The Bertz CT molecular complexity index is 769. The fraction of sp³-hybridized carbons (Fsp3) is 0.350. The average Bonchev–Trinajstić information content (AvgIpc) is 3.17. The van der Waals surface area contributed by atoms with Gasteiger partial charge in [-0.3, -0.25) is 4.79 Å². The minimum absolute atomic E-state index is 0. The number of hydrogen-bond acceptors (Lipinski definition) is 2. The third kappa shape index (κ3) is 4.62. The zero-order valence-electron chi connectivity index (χ0n) is 15.0. The highest BCUT2D eigenvalue weighted by Crippen LogP contribution is 2.25. The predicted molar refractivity (Wildman–Crippen MR) is 102 cm³/mol. The van der Waals surface area contributed by atoms with Crippen LogP contribution in [0.4, 0.5) is 13.2 Å². The molecule has 0 aromatic heterocycles. The van der Waals surface area contributed by atoms with E-state index in [9.17, 15) is 18.0 Å². The Morgan fingerprint density at radius 2 is 1.74 bits per heavy atom. The van der Waals surface area contributed by atoms with Gasteiger partial charge < -0.3 is 10.2 Å². The standard InChI is InChI=1S/C20H21F3N2O.ClH/c1-2-9-25(16-7-8-24-12-16)20(26)14-5-3-13(4-6-14)15-10-17(21)19(23)18(22)11-15;/h3-6,10-11,16,24H,2,7-9,12H2,1H3;1H. The van der Waals surface area contributed by atoms with Crippen molar-refractivity contribution in [2.45, 2.75) is 25.8 Å². The van der Waals surface area contributed by atoms with Crippen LogP contribution in [-0.2, 0) is 0 Å². The summed E-state index contributed by atoms with van der Waals surface area (Å²) in [5.41, 5.74) is 1.27. The molecule has 3 rings (SSSR count). The molecule has 7 heteroatoms. The molecule has 146 valence electrons. The SMILES string of the molecule is CCCN(C(=O)c1ccc(-c2cc(F)c(F)c(F)c2)cc1)C1CCNC1.Cl. The molecule has 0 saturated carbocycles. The van der Waals surface area contributed by atoms with E-state index in [4.69, 9.17) is 0 Å². The molecule has 2 aromatic carbocycles. The first-order valence-corrected chi connectivity index (χ1v) is 8.78. The molecule has 1 saturated heterocycles. The van der Waals surface area contributed by atoms with Crippen LogP contribution < -0.4 is 5.32 Å². The van der Waals surface area contributed by atoms with Gasteiger partial charge >= 0.3 is 0 Å². The van der Waals surface area contributed by atoms with Crippen LogP contribution in [0.15, 0.2) is 36.4 Å². The molecular weight excluding hydrogens is 377 g/mol. The summed E-state index contributed by atoms with van der Waals surface area (Å²) >= 11 is 0. The largest absolute Gasteiger partial charge is 0.334 e. The Labute approximate surface area is 163 Å². The van der Waals surface area contributed by atoms with Crippen LogP contribution in [0.3, 0.4) is 0 Å². The number of hydrogen-bond donors (Lipinski definition) is 1. The van der Waals surface area contributed by atoms with Gasteiger partial charge in [0.25, 0.3) is 5.91 Å². The lowest BCUT2D eigenvalue weighted by Gasteiger charge is -2.28. The van der Waals surface area contributed by atoms with E-state index in [1.54, 1.807) is 24.3 Å². The van der Waals surface area contributed by atoms with Crippen molar-refractivity contribution in [1.82, 2.24) is 10.2 Å². The van der Waals surface area contributed by atoms with Gasteiger partial charge in [-0.15, -0.1) is 12.4 Å². The van der Waals surface area contributed by atoms with Gasteiger partial charge in [-0.05, 0) is 54.8 Å². The van der Waals surface area contributed by atoms with E-state index < -0.39 is 17.5 Å². The second-order valence-corrected chi connectivity index (χ2v) is 6.48. The minimum Gasteiger partial charge on any atom is -0.334 e. The highest BCUT2D eigenvalue weighted by molar-refractivity contribution is 5.95. The number of nitrogens with one attached hydrogen (secondary N) is 1. The van der Waals surface area contributed by atoms with E-state index in [2.05, 4.69) is 5.32 Å². The van der Waals surface area contributed by atoms with E-state index in [1.807, 2.05) is 11.8 Å². The molecule has 1 aliphatic heterocycles. The Balaban J connectivity index is 0.00000261. The molecule has 1 N–H and O–H groups in total. The Hall–Kier alpha value is -2.05. The van der Waals surface area contributed by atoms with Crippen molar-refractivity contribution in [2.75, 3.05) is 19.6 Å². The van der Waals surface area contributed by atoms with Crippen molar-refractivity contribution in [2.24, 2.45) is 0 Å². The van der Waals surface area contributed by atoms with Crippen molar-refractivity contribution >= 4 is 18.3 Å². The first-order valence-electron chi connectivity index (χ1n) is 8.78. The van der Waals surface area contributed by atoms with Crippen LogP contribution in [0, 0.1) is 17.5 Å². The maximum absolute atomic E-state index is 13.4. The lowest BCUT2D eigenvalue weighted by Crippen LogP contribution is -2.42. The van der Waals surface area contributed by atoms with Crippen LogP contribution in [0.1, 0.15) is 30.1 Å². The molecule has 1 amide bonds. The lowest BCUT2D eigenvalue weighted by atomic mass is 10.0. The third-order valence-corrected chi connectivity index (χ3v) is 4.65. The van der Waals surface area contributed by atoms with Gasteiger partial charge in [-0.2, -0.15) is 0 Å². The predicted octanol–water partition coefficient (Wildman–Crippen LogP) is 4.41. The summed E-state index contributed by atoms with van der Waals surface area (Å²) in [4.78, 5) is 14.7. The number of carbonyl (C=O) groups is 1. The van der Waals surface area contributed by atoms with Crippen molar-refractivity contribution in [3.63, 3.8) is 0 Å². The van der Waals surface area contributed by atoms with Crippen molar-refractivity contribution in [3.8, 4) is 11.1 Å². The molecule has 1 fully saturated rings. The Morgan fingerprint density at radius 3 is 2.26 bits per heavy atom. The molecule has 1 heterocycles. The second-order valence-electron chi connectivity index (χ2n) is 6.48. The van der Waals surface area contributed by atoms with E-state index in [0.29, 0.717) is 17.7 Å². The van der Waals surface area contributed by atoms with Gasteiger partial charge in [0.05, 0.1) is 0 Å². The van der Waals surface area contributed by atoms with Gasteiger partial charge in [0.1, 0.15) is 0 Å². The topological polar surface area (TPSA) is 32.3 Å². The average molecular weight is 399 g/mol. The number of amides is 1. The fourth-order valence-corrected chi connectivity index (χ4v) is 3.29. The molecule has 3 nitrogen and oxygen atoms in total. The van der Waals surface area contributed by atoms with Gasteiger partial charge in [0, 0.05) is 24.7 Å². The molecule has 0 spiro atoms. The van der Waals surface area contributed by atoms with Gasteiger partial charge in [-0.1, -0.05) is 19.1 Å². The minimum atomic E-state index is -1.49. The first kappa shape index (κ1) is 21.3. The molecule has 0 radical (unpaired) electrons. The van der Waals surface area contributed by atoms with Crippen LogP contribution in [0.2, 0.25) is 0 Å². The quantitative estimate of drug-likeness (QED) is 0.757. The zero-order chi connectivity index (χ0) is 18.7. The van der Waals surface area contributed by atoms with E-state index >= 15 is 0 Å². The zero-order valence-corrected chi connectivity index (χ0v) is 15.8. The Kier molecular flexibility index (Phi) is 7.27. The van der Waals surface area contributed by atoms with Crippen molar-refractivity contribution in [1.29, 1.82) is 0 Å². The summed E-state index contributed by atoms with van der Waals surface area (Å²) in [5, 5.41) is 3.27. The molecule has 0 aliphatic carbocycles. The number of nitrogens with zero attached hydrogens (tertiary/aromatic N) is 1. The number of benzene rings is 2. The smallest absolute Gasteiger partial charge is 0.254 e. The normalized spacial score (nSPS) is 16.1. The van der Waals surface area contributed by atoms with E-state index in [1.165, 1.54) is 0 Å². The molecule has 0 bridgehead atoms. The molecule has 27 heavy (non-hydrogen) atoms. The molecule has 1 atom stereocenters. The fourth-order valence-electron chi connectivity index (χ4n) is 3.29. The summed E-state index contributed by atoms with van der Waals surface area (Å²) < 4.78 is 39.9. The van der Waals surface area contributed by atoms with Crippen molar-refractivity contribution in [3.05, 3.63) is 59.4 Å². The Morgan fingerprint density at radius 1 is 1.11 bits per heavy atom. The molecule has 2 aromatic rings. The molecule has 1 unspecified atom stereocenters. The maximum atomic E-state index is 13.4. The first-order chi connectivity index (χ1) is 12.5. The highest BCUT2D eigenvalue weighted by atomic mass is 35.5. The van der Waals surface area contributed by atoms with Crippen LogP contribution in [0.5, 0.6) is 0 Å². The molecular formula is C20H22ClF3N2O. The summed E-state index contributed by atoms with van der Waals surface area (Å²) in [6.07, 6.45) is 1.80. The monoisotopic (exact) mass is 398 g/mol. The summed E-state index contributed by atoms with van der Waals surface area (Å²) in [6.45, 7) is 4.40. The van der Waals surface area contributed by atoms with Crippen LogP contribution in [0.25, 0.3) is 11.1 Å². The third-order valence-electron chi connectivity index (χ3n) is 4.65.